The fourth-order valence-corrected chi connectivity index (χ4v) is 4.71. The SMILES string of the molecule is CCOc1cc(/C=C2/SC(=O)N(CC(=O)N3CCOCC3)C2=O)cc(I)c1OC(C)C. The highest BCUT2D eigenvalue weighted by Crippen LogP contribution is 2.38. The molecule has 10 heteroatoms. The van der Waals surface area contributed by atoms with Gasteiger partial charge in [-0.15, -0.1) is 0 Å². The molecule has 3 rings (SSSR count). The van der Waals surface area contributed by atoms with Crippen LogP contribution in [0.3, 0.4) is 0 Å². The van der Waals surface area contributed by atoms with Gasteiger partial charge in [-0.3, -0.25) is 19.3 Å². The first kappa shape index (κ1) is 23.9. The lowest BCUT2D eigenvalue weighted by Crippen LogP contribution is -2.46. The first-order valence-corrected chi connectivity index (χ1v) is 11.9. The fourth-order valence-electron chi connectivity index (χ4n) is 3.12. The number of carbonyl (C=O) groups is 3. The van der Waals surface area contributed by atoms with E-state index < -0.39 is 11.1 Å². The highest BCUT2D eigenvalue weighted by Gasteiger charge is 2.37. The number of rotatable bonds is 7. The third-order valence-corrected chi connectivity index (χ3v) is 6.22. The number of hydrogen-bond acceptors (Lipinski definition) is 7. The largest absolute Gasteiger partial charge is 0.490 e. The van der Waals surface area contributed by atoms with Gasteiger partial charge in [0, 0.05) is 13.1 Å². The number of ether oxygens (including phenoxy) is 3. The Hall–Kier alpha value is -1.79. The molecular formula is C21H25IN2O6S. The van der Waals surface area contributed by atoms with Crippen LogP contribution in [0.1, 0.15) is 26.3 Å². The minimum absolute atomic E-state index is 0.0147. The molecule has 2 heterocycles. The van der Waals surface area contributed by atoms with Crippen LogP contribution in [0.25, 0.3) is 6.08 Å². The molecule has 2 aliphatic rings. The Balaban J connectivity index is 1.79. The fraction of sp³-hybridized carbons (Fsp3) is 0.476. The van der Waals surface area contributed by atoms with E-state index in [0.29, 0.717) is 50.0 Å². The van der Waals surface area contributed by atoms with E-state index in [-0.39, 0.29) is 23.5 Å². The Morgan fingerprint density at radius 2 is 2.00 bits per heavy atom. The molecule has 168 valence electrons. The number of amides is 3. The summed E-state index contributed by atoms with van der Waals surface area (Å²) in [7, 11) is 0. The highest BCUT2D eigenvalue weighted by atomic mass is 127. The minimum Gasteiger partial charge on any atom is -0.490 e. The van der Waals surface area contributed by atoms with Gasteiger partial charge < -0.3 is 19.1 Å². The number of morpholine rings is 1. The van der Waals surface area contributed by atoms with E-state index in [9.17, 15) is 14.4 Å². The average molecular weight is 560 g/mol. The van der Waals surface area contributed by atoms with Gasteiger partial charge in [-0.1, -0.05) is 0 Å². The van der Waals surface area contributed by atoms with Crippen molar-refractivity contribution in [2.75, 3.05) is 39.5 Å². The molecule has 2 fully saturated rings. The zero-order chi connectivity index (χ0) is 22.5. The summed E-state index contributed by atoms with van der Waals surface area (Å²) in [6.45, 7) is 7.83. The number of halogens is 1. The van der Waals surface area contributed by atoms with Crippen LogP contribution >= 0.6 is 34.4 Å². The lowest BCUT2D eigenvalue weighted by Gasteiger charge is -2.28. The molecule has 2 saturated heterocycles. The molecule has 8 nitrogen and oxygen atoms in total. The molecule has 0 aromatic heterocycles. The van der Waals surface area contributed by atoms with Gasteiger partial charge in [0.1, 0.15) is 6.54 Å². The van der Waals surface area contributed by atoms with Crippen molar-refractivity contribution in [1.82, 2.24) is 9.80 Å². The molecule has 1 aromatic carbocycles. The van der Waals surface area contributed by atoms with Crippen molar-refractivity contribution in [2.45, 2.75) is 26.9 Å². The van der Waals surface area contributed by atoms with E-state index in [1.165, 1.54) is 0 Å². The van der Waals surface area contributed by atoms with Crippen LogP contribution in [-0.4, -0.2) is 72.4 Å². The Bertz CT molecular complexity index is 898. The Morgan fingerprint density at radius 3 is 2.65 bits per heavy atom. The molecular weight excluding hydrogens is 535 g/mol. The van der Waals surface area contributed by atoms with Crippen LogP contribution in [0.5, 0.6) is 11.5 Å². The highest BCUT2D eigenvalue weighted by molar-refractivity contribution is 14.1. The normalized spacial score (nSPS) is 18.3. The van der Waals surface area contributed by atoms with E-state index in [1.54, 1.807) is 17.0 Å². The van der Waals surface area contributed by atoms with E-state index in [4.69, 9.17) is 14.2 Å². The summed E-state index contributed by atoms with van der Waals surface area (Å²) >= 11 is 3.00. The molecule has 0 N–H and O–H groups in total. The van der Waals surface area contributed by atoms with Gasteiger partial charge in [-0.25, -0.2) is 0 Å². The van der Waals surface area contributed by atoms with Gasteiger partial charge in [0.05, 0.1) is 34.4 Å². The lowest BCUT2D eigenvalue weighted by atomic mass is 10.1. The van der Waals surface area contributed by atoms with Crippen molar-refractivity contribution in [3.63, 3.8) is 0 Å². The van der Waals surface area contributed by atoms with E-state index >= 15 is 0 Å². The summed E-state index contributed by atoms with van der Waals surface area (Å²) in [5, 5.41) is -0.447. The third-order valence-electron chi connectivity index (χ3n) is 4.51. The molecule has 31 heavy (non-hydrogen) atoms. The van der Waals surface area contributed by atoms with Crippen LogP contribution < -0.4 is 9.47 Å². The number of benzene rings is 1. The molecule has 0 radical (unpaired) electrons. The third kappa shape index (κ3) is 5.92. The van der Waals surface area contributed by atoms with Crippen LogP contribution in [0, 0.1) is 3.57 Å². The quantitative estimate of drug-likeness (QED) is 0.374. The molecule has 0 saturated carbocycles. The topological polar surface area (TPSA) is 85.4 Å². The van der Waals surface area contributed by atoms with Crippen LogP contribution in [-0.2, 0) is 14.3 Å². The number of thioether (sulfide) groups is 1. The first-order chi connectivity index (χ1) is 14.8. The lowest BCUT2D eigenvalue weighted by molar-refractivity contribution is -0.139. The van der Waals surface area contributed by atoms with Crippen molar-refractivity contribution >= 4 is 57.5 Å². The molecule has 0 aliphatic carbocycles. The standard InChI is InChI=1S/C21H25IN2O6S/c1-4-29-16-10-14(9-15(22)19(16)30-13(2)3)11-17-20(26)24(21(27)31-17)12-18(25)23-5-7-28-8-6-23/h9-11,13H,4-8,12H2,1-3H3/b17-11+. The predicted molar refractivity (Wildman–Crippen MR) is 126 cm³/mol. The summed E-state index contributed by atoms with van der Waals surface area (Å²) in [6, 6.07) is 3.66. The second-order valence-electron chi connectivity index (χ2n) is 7.19. The zero-order valence-corrected chi connectivity index (χ0v) is 20.7. The maximum absolute atomic E-state index is 12.8. The molecule has 1 aromatic rings. The van der Waals surface area contributed by atoms with Crippen molar-refractivity contribution in [3.8, 4) is 11.5 Å². The van der Waals surface area contributed by atoms with Crippen molar-refractivity contribution < 1.29 is 28.6 Å². The molecule has 2 aliphatic heterocycles. The van der Waals surface area contributed by atoms with Crippen molar-refractivity contribution in [3.05, 3.63) is 26.2 Å². The van der Waals surface area contributed by atoms with E-state index in [2.05, 4.69) is 22.6 Å². The summed E-state index contributed by atoms with van der Waals surface area (Å²) in [4.78, 5) is 40.6. The van der Waals surface area contributed by atoms with Crippen LogP contribution in [0.4, 0.5) is 4.79 Å². The summed E-state index contributed by atoms with van der Waals surface area (Å²) < 4.78 is 17.7. The van der Waals surface area contributed by atoms with Crippen molar-refractivity contribution in [1.29, 1.82) is 0 Å². The molecule has 0 spiro atoms. The predicted octanol–water partition coefficient (Wildman–Crippen LogP) is 3.37. The first-order valence-electron chi connectivity index (χ1n) is 10.0. The minimum atomic E-state index is -0.466. The molecule has 0 atom stereocenters. The molecule has 0 unspecified atom stereocenters. The maximum atomic E-state index is 12.8. The number of carbonyl (C=O) groups excluding carboxylic acids is 3. The monoisotopic (exact) mass is 560 g/mol. The van der Waals surface area contributed by atoms with E-state index in [1.807, 2.05) is 26.8 Å². The Labute approximate surface area is 199 Å². The van der Waals surface area contributed by atoms with Gasteiger partial charge >= 0.3 is 0 Å². The Kier molecular flexibility index (Phi) is 8.23. The number of imide groups is 1. The Morgan fingerprint density at radius 1 is 1.29 bits per heavy atom. The number of nitrogens with zero attached hydrogens (tertiary/aromatic N) is 2. The van der Waals surface area contributed by atoms with Gasteiger partial charge in [-0.2, -0.15) is 0 Å². The smallest absolute Gasteiger partial charge is 0.294 e. The van der Waals surface area contributed by atoms with Gasteiger partial charge in [-0.05, 0) is 78.9 Å². The summed E-state index contributed by atoms with van der Waals surface area (Å²) in [6.07, 6.45) is 1.63. The summed E-state index contributed by atoms with van der Waals surface area (Å²) in [5.41, 5.74) is 0.717. The van der Waals surface area contributed by atoms with Gasteiger partial charge in [0.25, 0.3) is 11.1 Å². The van der Waals surface area contributed by atoms with Gasteiger partial charge in [0.2, 0.25) is 5.91 Å². The van der Waals surface area contributed by atoms with E-state index in [0.717, 1.165) is 20.2 Å². The van der Waals surface area contributed by atoms with Crippen LogP contribution in [0.2, 0.25) is 0 Å². The zero-order valence-electron chi connectivity index (χ0n) is 17.7. The van der Waals surface area contributed by atoms with Crippen molar-refractivity contribution in [2.24, 2.45) is 0 Å². The molecule has 3 amide bonds. The molecule has 0 bridgehead atoms. The number of hydrogen-bond donors (Lipinski definition) is 0. The second-order valence-corrected chi connectivity index (χ2v) is 9.35. The van der Waals surface area contributed by atoms with Crippen LogP contribution in [0.15, 0.2) is 17.0 Å². The maximum Gasteiger partial charge on any atom is 0.294 e. The average Bonchev–Trinajstić information content (AvgIpc) is 2.98. The summed E-state index contributed by atoms with van der Waals surface area (Å²) in [5.74, 6) is 0.511. The second kappa shape index (κ2) is 10.7. The van der Waals surface area contributed by atoms with Gasteiger partial charge in [0.15, 0.2) is 11.5 Å².